The number of carbonyl (C=O) groups excluding carboxylic acids is 1. The first-order valence-electron chi connectivity index (χ1n) is 11.5. The van der Waals surface area contributed by atoms with Gasteiger partial charge in [0.1, 0.15) is 6.10 Å². The lowest BCUT2D eigenvalue weighted by Crippen LogP contribution is -2.55. The maximum Gasteiger partial charge on any atom is 0.251 e. The van der Waals surface area contributed by atoms with E-state index in [9.17, 15) is 4.79 Å². The monoisotopic (exact) mass is 557 g/mol. The van der Waals surface area contributed by atoms with Crippen molar-refractivity contribution in [2.24, 2.45) is 4.99 Å². The number of piperazine rings is 1. The highest BCUT2D eigenvalue weighted by Crippen LogP contribution is 2.16. The van der Waals surface area contributed by atoms with Crippen LogP contribution >= 0.6 is 24.0 Å². The van der Waals surface area contributed by atoms with Crippen molar-refractivity contribution >= 4 is 35.8 Å². The molecule has 0 spiro atoms. The van der Waals surface area contributed by atoms with Gasteiger partial charge in [-0.05, 0) is 24.0 Å². The molecule has 1 aromatic carbocycles. The summed E-state index contributed by atoms with van der Waals surface area (Å²) in [4.78, 5) is 23.6. The molecule has 0 aliphatic carbocycles. The molecule has 3 fully saturated rings. The minimum atomic E-state index is -0.228. The summed E-state index contributed by atoms with van der Waals surface area (Å²) in [5.41, 5.74) is 2.58. The first-order valence-corrected chi connectivity index (χ1v) is 11.5. The first kappa shape index (κ1) is 25.2. The number of guanidine groups is 1. The van der Waals surface area contributed by atoms with Crippen LogP contribution in [-0.4, -0.2) is 98.8 Å². The zero-order valence-corrected chi connectivity index (χ0v) is 21.3. The predicted octanol–water partition coefficient (Wildman–Crippen LogP) is 1.54. The number of benzene rings is 1. The fraction of sp³-hybridized carbons (Fsp3) is 0.652. The fourth-order valence-electron chi connectivity index (χ4n) is 4.48. The standard InChI is InChI=1S/C23H35N5O3.HI/c1-24-23(28-9-7-27(8-10-28)22(29)21-6-3-13-31-21)25-17-19-4-2-5-20(16-19)18-26-11-14-30-15-12-26;/h2,4-5,16,21H,3,6-15,17-18H2,1H3,(H,24,25);1H. The van der Waals surface area contributed by atoms with E-state index in [1.54, 1.807) is 0 Å². The molecular formula is C23H36IN5O3. The Morgan fingerprint density at radius 2 is 1.78 bits per heavy atom. The van der Waals surface area contributed by atoms with Crippen LogP contribution in [-0.2, 0) is 27.4 Å². The summed E-state index contributed by atoms with van der Waals surface area (Å²) in [5.74, 6) is 1.04. The number of morpholine rings is 1. The second kappa shape index (κ2) is 12.7. The minimum Gasteiger partial charge on any atom is -0.379 e. The third-order valence-corrected chi connectivity index (χ3v) is 6.26. The van der Waals surface area contributed by atoms with Gasteiger partial charge < -0.3 is 24.6 Å². The molecule has 0 aromatic heterocycles. The van der Waals surface area contributed by atoms with Crippen LogP contribution < -0.4 is 5.32 Å². The maximum absolute atomic E-state index is 12.6. The molecule has 1 atom stereocenters. The van der Waals surface area contributed by atoms with Gasteiger partial charge in [-0.2, -0.15) is 0 Å². The molecule has 4 rings (SSSR count). The molecule has 9 heteroatoms. The Morgan fingerprint density at radius 3 is 2.47 bits per heavy atom. The fourth-order valence-corrected chi connectivity index (χ4v) is 4.48. The summed E-state index contributed by atoms with van der Waals surface area (Å²) in [5, 5.41) is 3.50. The van der Waals surface area contributed by atoms with Crippen molar-refractivity contribution in [2.75, 3.05) is 66.1 Å². The Kier molecular flexibility index (Phi) is 10.0. The zero-order valence-electron chi connectivity index (χ0n) is 19.0. The van der Waals surface area contributed by atoms with Crippen molar-refractivity contribution in [1.29, 1.82) is 0 Å². The summed E-state index contributed by atoms with van der Waals surface area (Å²) in [7, 11) is 1.82. The van der Waals surface area contributed by atoms with Gasteiger partial charge in [-0.15, -0.1) is 24.0 Å². The largest absolute Gasteiger partial charge is 0.379 e. The molecule has 0 radical (unpaired) electrons. The number of ether oxygens (including phenoxy) is 2. The molecular weight excluding hydrogens is 521 g/mol. The zero-order chi connectivity index (χ0) is 21.5. The Labute approximate surface area is 208 Å². The van der Waals surface area contributed by atoms with Crippen LogP contribution in [0.15, 0.2) is 29.3 Å². The lowest BCUT2D eigenvalue weighted by Gasteiger charge is -2.37. The van der Waals surface area contributed by atoms with Crippen LogP contribution in [0, 0.1) is 0 Å². The number of amides is 1. The van der Waals surface area contributed by atoms with E-state index in [0.717, 1.165) is 71.3 Å². The molecule has 1 aromatic rings. The summed E-state index contributed by atoms with van der Waals surface area (Å²) < 4.78 is 11.0. The smallest absolute Gasteiger partial charge is 0.251 e. The highest BCUT2D eigenvalue weighted by Gasteiger charge is 2.30. The summed E-state index contributed by atoms with van der Waals surface area (Å²) in [6, 6.07) is 8.75. The second-order valence-corrected chi connectivity index (χ2v) is 8.42. The quantitative estimate of drug-likeness (QED) is 0.337. The highest BCUT2D eigenvalue weighted by atomic mass is 127. The van der Waals surface area contributed by atoms with Gasteiger partial charge in [0.25, 0.3) is 5.91 Å². The van der Waals surface area contributed by atoms with Crippen molar-refractivity contribution in [1.82, 2.24) is 20.0 Å². The van der Waals surface area contributed by atoms with Crippen LogP contribution in [0.4, 0.5) is 0 Å². The molecule has 3 aliphatic rings. The van der Waals surface area contributed by atoms with Crippen molar-refractivity contribution in [3.8, 4) is 0 Å². The molecule has 1 N–H and O–H groups in total. The number of nitrogens with one attached hydrogen (secondary N) is 1. The molecule has 3 heterocycles. The Morgan fingerprint density at radius 1 is 1.06 bits per heavy atom. The van der Waals surface area contributed by atoms with Crippen molar-refractivity contribution in [3.05, 3.63) is 35.4 Å². The average Bonchev–Trinajstić information content (AvgIpc) is 3.35. The Bertz CT molecular complexity index is 758. The average molecular weight is 557 g/mol. The highest BCUT2D eigenvalue weighted by molar-refractivity contribution is 14.0. The van der Waals surface area contributed by atoms with Crippen molar-refractivity contribution in [2.45, 2.75) is 32.0 Å². The molecule has 1 unspecified atom stereocenters. The lowest BCUT2D eigenvalue weighted by molar-refractivity contribution is -0.142. The molecule has 1 amide bonds. The number of hydrogen-bond donors (Lipinski definition) is 1. The topological polar surface area (TPSA) is 69.6 Å². The number of rotatable bonds is 5. The number of carbonyl (C=O) groups is 1. The molecule has 178 valence electrons. The van der Waals surface area contributed by atoms with Gasteiger partial charge in [0.05, 0.1) is 13.2 Å². The summed E-state index contributed by atoms with van der Waals surface area (Å²) in [6.07, 6.45) is 1.61. The Balaban J connectivity index is 0.00000289. The number of nitrogens with zero attached hydrogens (tertiary/aromatic N) is 4. The van der Waals surface area contributed by atoms with E-state index in [2.05, 4.69) is 44.4 Å². The van der Waals surface area contributed by atoms with Crippen LogP contribution in [0.3, 0.4) is 0 Å². The van der Waals surface area contributed by atoms with Gasteiger partial charge in [0.15, 0.2) is 5.96 Å². The predicted molar refractivity (Wildman–Crippen MR) is 135 cm³/mol. The minimum absolute atomic E-state index is 0. The van der Waals surface area contributed by atoms with Gasteiger partial charge in [-0.3, -0.25) is 14.7 Å². The van der Waals surface area contributed by atoms with E-state index in [1.165, 1.54) is 11.1 Å². The summed E-state index contributed by atoms with van der Waals surface area (Å²) in [6.45, 7) is 9.06. The Hall–Kier alpha value is -1.43. The molecule has 0 bridgehead atoms. The van der Waals surface area contributed by atoms with E-state index in [0.29, 0.717) is 19.7 Å². The van der Waals surface area contributed by atoms with E-state index >= 15 is 0 Å². The number of aliphatic imine (C=N–C) groups is 1. The normalized spacial score (nSPS) is 22.5. The van der Waals surface area contributed by atoms with Crippen molar-refractivity contribution in [3.63, 3.8) is 0 Å². The molecule has 32 heavy (non-hydrogen) atoms. The SMILES string of the molecule is CN=C(NCc1cccc(CN2CCOCC2)c1)N1CCN(C(=O)C2CCCO2)CC1.I. The number of hydrogen-bond acceptors (Lipinski definition) is 5. The van der Waals surface area contributed by atoms with Crippen LogP contribution in [0.5, 0.6) is 0 Å². The van der Waals surface area contributed by atoms with E-state index in [-0.39, 0.29) is 36.0 Å². The van der Waals surface area contributed by atoms with Gasteiger partial charge in [0.2, 0.25) is 0 Å². The van der Waals surface area contributed by atoms with Gasteiger partial charge in [-0.25, -0.2) is 0 Å². The number of halogens is 1. The first-order chi connectivity index (χ1) is 15.2. The maximum atomic E-state index is 12.6. The van der Waals surface area contributed by atoms with Gasteiger partial charge >= 0.3 is 0 Å². The third kappa shape index (κ3) is 6.79. The molecule has 0 saturated carbocycles. The summed E-state index contributed by atoms with van der Waals surface area (Å²) >= 11 is 0. The molecule has 3 saturated heterocycles. The van der Waals surface area contributed by atoms with Gasteiger partial charge in [0, 0.05) is 66.0 Å². The van der Waals surface area contributed by atoms with Crippen LogP contribution in [0.25, 0.3) is 0 Å². The van der Waals surface area contributed by atoms with Crippen LogP contribution in [0.2, 0.25) is 0 Å². The van der Waals surface area contributed by atoms with E-state index in [1.807, 2.05) is 11.9 Å². The second-order valence-electron chi connectivity index (χ2n) is 8.42. The van der Waals surface area contributed by atoms with Gasteiger partial charge in [-0.1, -0.05) is 24.3 Å². The van der Waals surface area contributed by atoms with Crippen molar-refractivity contribution < 1.29 is 14.3 Å². The van der Waals surface area contributed by atoms with Crippen LogP contribution in [0.1, 0.15) is 24.0 Å². The van der Waals surface area contributed by atoms with E-state index < -0.39 is 0 Å². The molecule has 8 nitrogen and oxygen atoms in total. The van der Waals surface area contributed by atoms with E-state index in [4.69, 9.17) is 9.47 Å². The third-order valence-electron chi connectivity index (χ3n) is 6.26. The molecule has 3 aliphatic heterocycles. The lowest BCUT2D eigenvalue weighted by atomic mass is 10.1.